The molecule has 1 aromatic carbocycles. The van der Waals surface area contributed by atoms with E-state index in [4.69, 9.17) is 0 Å². The van der Waals surface area contributed by atoms with Crippen LogP contribution in [0.4, 0.5) is 11.4 Å². The molecule has 0 radical (unpaired) electrons. The van der Waals surface area contributed by atoms with Gasteiger partial charge in [0.1, 0.15) is 0 Å². The van der Waals surface area contributed by atoms with Gasteiger partial charge in [-0.3, -0.25) is 0 Å². The predicted octanol–water partition coefficient (Wildman–Crippen LogP) is 5.06. The van der Waals surface area contributed by atoms with Crippen molar-refractivity contribution in [3.05, 3.63) is 24.3 Å². The minimum atomic E-state index is 0.682. The summed E-state index contributed by atoms with van der Waals surface area (Å²) < 4.78 is 0. The van der Waals surface area contributed by atoms with Gasteiger partial charge in [-0.1, -0.05) is 31.9 Å². The van der Waals surface area contributed by atoms with E-state index in [0.717, 1.165) is 5.92 Å². The Bertz CT molecular complexity index is 429. The molecule has 1 aliphatic carbocycles. The molecule has 0 amide bonds. The number of nitrogens with one attached hydrogen (secondary N) is 1. The van der Waals surface area contributed by atoms with E-state index in [-0.39, 0.29) is 0 Å². The largest absolute Gasteiger partial charge is 0.381 e. The highest BCUT2D eigenvalue weighted by atomic mass is 15.2. The van der Waals surface area contributed by atoms with Gasteiger partial charge in [-0.2, -0.15) is 0 Å². The fourth-order valence-corrected chi connectivity index (χ4v) is 4.05. The van der Waals surface area contributed by atoms with Crippen molar-refractivity contribution in [1.29, 1.82) is 0 Å². The molecule has 1 aliphatic heterocycles. The third-order valence-corrected chi connectivity index (χ3v) is 5.25. The standard InChI is InChI=1S/C19H30N2/c1-2-7-16-10-12-17(13-11-16)20-18-8-3-4-9-19(18)21-14-5-6-15-21/h3-4,8-9,16-17,20H,2,5-7,10-15H2,1H3. The van der Waals surface area contributed by atoms with Gasteiger partial charge in [0, 0.05) is 19.1 Å². The lowest BCUT2D eigenvalue weighted by molar-refractivity contribution is 0.319. The summed E-state index contributed by atoms with van der Waals surface area (Å²) in [6, 6.07) is 9.59. The zero-order chi connectivity index (χ0) is 14.5. The quantitative estimate of drug-likeness (QED) is 0.814. The van der Waals surface area contributed by atoms with E-state index in [1.54, 1.807) is 0 Å². The highest BCUT2D eigenvalue weighted by Crippen LogP contribution is 2.33. The smallest absolute Gasteiger partial charge is 0.0602 e. The van der Waals surface area contributed by atoms with Crippen LogP contribution in [0.25, 0.3) is 0 Å². The summed E-state index contributed by atoms with van der Waals surface area (Å²) in [5.74, 6) is 0.988. The first-order chi connectivity index (χ1) is 10.4. The van der Waals surface area contributed by atoms with E-state index in [1.807, 2.05) is 0 Å². The molecule has 1 saturated carbocycles. The fourth-order valence-electron chi connectivity index (χ4n) is 4.05. The van der Waals surface area contributed by atoms with E-state index in [9.17, 15) is 0 Å². The lowest BCUT2D eigenvalue weighted by Gasteiger charge is -2.31. The molecule has 3 rings (SSSR count). The zero-order valence-corrected chi connectivity index (χ0v) is 13.5. The number of benzene rings is 1. The number of hydrogen-bond acceptors (Lipinski definition) is 2. The van der Waals surface area contributed by atoms with Crippen molar-refractivity contribution in [3.8, 4) is 0 Å². The molecule has 21 heavy (non-hydrogen) atoms. The zero-order valence-electron chi connectivity index (χ0n) is 13.5. The van der Waals surface area contributed by atoms with Gasteiger partial charge < -0.3 is 10.2 Å². The van der Waals surface area contributed by atoms with Crippen LogP contribution in [0.2, 0.25) is 0 Å². The Balaban J connectivity index is 1.60. The lowest BCUT2D eigenvalue weighted by atomic mass is 9.83. The molecule has 2 fully saturated rings. The van der Waals surface area contributed by atoms with Crippen molar-refractivity contribution in [2.75, 3.05) is 23.3 Å². The van der Waals surface area contributed by atoms with Crippen LogP contribution < -0.4 is 10.2 Å². The number of nitrogens with zero attached hydrogens (tertiary/aromatic N) is 1. The Morgan fingerprint density at radius 2 is 1.76 bits per heavy atom. The maximum Gasteiger partial charge on any atom is 0.0602 e. The van der Waals surface area contributed by atoms with Crippen LogP contribution in [0.5, 0.6) is 0 Å². The first kappa shape index (κ1) is 14.7. The Hall–Kier alpha value is -1.18. The van der Waals surface area contributed by atoms with E-state index in [0.29, 0.717) is 6.04 Å². The monoisotopic (exact) mass is 286 g/mol. The van der Waals surface area contributed by atoms with E-state index in [2.05, 4.69) is 41.4 Å². The molecular formula is C19H30N2. The molecule has 1 N–H and O–H groups in total. The van der Waals surface area contributed by atoms with Crippen molar-refractivity contribution in [1.82, 2.24) is 0 Å². The van der Waals surface area contributed by atoms with Crippen LogP contribution >= 0.6 is 0 Å². The summed E-state index contributed by atoms with van der Waals surface area (Å²) in [4.78, 5) is 2.55. The topological polar surface area (TPSA) is 15.3 Å². The molecule has 1 saturated heterocycles. The molecule has 2 aliphatic rings. The summed E-state index contributed by atoms with van der Waals surface area (Å²) >= 11 is 0. The van der Waals surface area contributed by atoms with Gasteiger partial charge in [0.05, 0.1) is 11.4 Å². The summed E-state index contributed by atoms with van der Waals surface area (Å²) in [5, 5.41) is 3.85. The van der Waals surface area contributed by atoms with Gasteiger partial charge in [-0.15, -0.1) is 0 Å². The third kappa shape index (κ3) is 3.72. The molecule has 0 bridgehead atoms. The van der Waals surface area contributed by atoms with E-state index < -0.39 is 0 Å². The second kappa shape index (κ2) is 7.20. The molecular weight excluding hydrogens is 256 g/mol. The van der Waals surface area contributed by atoms with Gasteiger partial charge in [-0.05, 0) is 56.6 Å². The maximum absolute atomic E-state index is 3.85. The normalized spacial score (nSPS) is 26.0. The Morgan fingerprint density at radius 1 is 1.05 bits per heavy atom. The van der Waals surface area contributed by atoms with E-state index in [1.165, 1.54) is 75.8 Å². The molecule has 0 atom stereocenters. The Labute approximate surface area is 129 Å². The minimum absolute atomic E-state index is 0.682. The van der Waals surface area contributed by atoms with Gasteiger partial charge in [0.25, 0.3) is 0 Å². The average Bonchev–Trinajstić information content (AvgIpc) is 3.04. The second-order valence-electron chi connectivity index (χ2n) is 6.86. The molecule has 1 heterocycles. The average molecular weight is 286 g/mol. The Morgan fingerprint density at radius 3 is 2.48 bits per heavy atom. The minimum Gasteiger partial charge on any atom is -0.381 e. The van der Waals surface area contributed by atoms with Crippen molar-refractivity contribution < 1.29 is 0 Å². The lowest BCUT2D eigenvalue weighted by Crippen LogP contribution is -2.27. The van der Waals surface area contributed by atoms with Crippen molar-refractivity contribution in [2.24, 2.45) is 5.92 Å². The SMILES string of the molecule is CCCC1CCC(Nc2ccccc2N2CCCC2)CC1. The van der Waals surface area contributed by atoms with E-state index >= 15 is 0 Å². The third-order valence-electron chi connectivity index (χ3n) is 5.25. The van der Waals surface area contributed by atoms with Gasteiger partial charge >= 0.3 is 0 Å². The molecule has 0 aromatic heterocycles. The maximum atomic E-state index is 3.85. The number of anilines is 2. The molecule has 1 aromatic rings. The highest BCUT2D eigenvalue weighted by Gasteiger charge is 2.22. The molecule has 2 nitrogen and oxygen atoms in total. The van der Waals surface area contributed by atoms with Crippen LogP contribution in [0.3, 0.4) is 0 Å². The molecule has 2 heteroatoms. The first-order valence-electron chi connectivity index (χ1n) is 8.97. The summed E-state index contributed by atoms with van der Waals surface area (Å²) in [6.45, 7) is 4.76. The number of hydrogen-bond donors (Lipinski definition) is 1. The predicted molar refractivity (Wildman–Crippen MR) is 92.2 cm³/mol. The summed E-state index contributed by atoms with van der Waals surface area (Å²) in [7, 11) is 0. The van der Waals surface area contributed by atoms with Gasteiger partial charge in [0.15, 0.2) is 0 Å². The summed E-state index contributed by atoms with van der Waals surface area (Å²) in [6.07, 6.45) is 11.0. The number of rotatable bonds is 5. The van der Waals surface area contributed by atoms with Crippen molar-refractivity contribution >= 4 is 11.4 Å². The van der Waals surface area contributed by atoms with Crippen LogP contribution in [-0.2, 0) is 0 Å². The first-order valence-corrected chi connectivity index (χ1v) is 8.97. The van der Waals surface area contributed by atoms with Crippen LogP contribution in [-0.4, -0.2) is 19.1 Å². The van der Waals surface area contributed by atoms with Crippen LogP contribution in [0, 0.1) is 5.92 Å². The second-order valence-corrected chi connectivity index (χ2v) is 6.86. The van der Waals surface area contributed by atoms with Gasteiger partial charge in [-0.25, -0.2) is 0 Å². The molecule has 0 unspecified atom stereocenters. The van der Waals surface area contributed by atoms with Crippen molar-refractivity contribution in [3.63, 3.8) is 0 Å². The van der Waals surface area contributed by atoms with Gasteiger partial charge in [0.2, 0.25) is 0 Å². The molecule has 116 valence electrons. The van der Waals surface area contributed by atoms with Crippen LogP contribution in [0.1, 0.15) is 58.3 Å². The molecule has 0 spiro atoms. The highest BCUT2D eigenvalue weighted by molar-refractivity contribution is 5.70. The van der Waals surface area contributed by atoms with Crippen molar-refractivity contribution in [2.45, 2.75) is 64.3 Å². The number of para-hydroxylation sites is 2. The van der Waals surface area contributed by atoms with Crippen LogP contribution in [0.15, 0.2) is 24.3 Å². The Kier molecular flexibility index (Phi) is 5.05. The fraction of sp³-hybridized carbons (Fsp3) is 0.684. The summed E-state index contributed by atoms with van der Waals surface area (Å²) in [5.41, 5.74) is 2.78.